The van der Waals surface area contributed by atoms with Crippen LogP contribution in [0.15, 0.2) is 48.5 Å². The van der Waals surface area contributed by atoms with E-state index < -0.39 is 35.6 Å². The molecule has 3 amide bonds. The topological polar surface area (TPSA) is 128 Å². The number of ether oxygens (including phenoxy) is 1. The number of aromatic hydroxyl groups is 1. The van der Waals surface area contributed by atoms with Crippen molar-refractivity contribution in [2.75, 3.05) is 13.2 Å². The number of phenols is 1. The van der Waals surface area contributed by atoms with Gasteiger partial charge in [0, 0.05) is 19.0 Å². The Hall–Kier alpha value is -3.59. The molecule has 37 heavy (non-hydrogen) atoms. The molecule has 202 valence electrons. The van der Waals surface area contributed by atoms with E-state index in [2.05, 4.69) is 10.6 Å². The summed E-state index contributed by atoms with van der Waals surface area (Å²) in [6.45, 7) is 10.1. The maximum Gasteiger partial charge on any atom is 0.408 e. The van der Waals surface area contributed by atoms with Gasteiger partial charge in [-0.2, -0.15) is 0 Å². The highest BCUT2D eigenvalue weighted by Gasteiger charge is 2.36. The molecule has 9 nitrogen and oxygen atoms in total. The summed E-state index contributed by atoms with van der Waals surface area (Å²) in [6, 6.07) is 11.2. The minimum atomic E-state index is -1.11. The number of alkyl carbamates (subject to hydrolysis) is 1. The van der Waals surface area contributed by atoms with Crippen molar-refractivity contribution < 1.29 is 29.3 Å². The van der Waals surface area contributed by atoms with Gasteiger partial charge in [0.05, 0.1) is 6.61 Å². The molecule has 9 heteroatoms. The number of aryl methyl sites for hydroxylation is 1. The molecule has 0 fully saturated rings. The number of hydrogen-bond acceptors (Lipinski definition) is 6. The van der Waals surface area contributed by atoms with E-state index in [-0.39, 0.29) is 31.4 Å². The number of hydrogen-bond donors (Lipinski definition) is 4. The molecule has 2 aromatic rings. The molecule has 2 aromatic carbocycles. The van der Waals surface area contributed by atoms with Gasteiger partial charge in [0.25, 0.3) is 0 Å². The molecule has 4 N–H and O–H groups in total. The van der Waals surface area contributed by atoms with E-state index >= 15 is 0 Å². The Kier molecular flexibility index (Phi) is 10.5. The van der Waals surface area contributed by atoms with E-state index in [9.17, 15) is 24.6 Å². The molecule has 2 rings (SSSR count). The number of phenolic OH excluding ortho intramolecular Hbond substituents is 1. The van der Waals surface area contributed by atoms with Gasteiger partial charge in [0.2, 0.25) is 11.8 Å². The van der Waals surface area contributed by atoms with Crippen molar-refractivity contribution in [3.63, 3.8) is 0 Å². The third-order valence-corrected chi connectivity index (χ3v) is 5.34. The van der Waals surface area contributed by atoms with Crippen LogP contribution in [0.25, 0.3) is 0 Å². The lowest BCUT2D eigenvalue weighted by molar-refractivity contribution is -0.143. The van der Waals surface area contributed by atoms with Crippen molar-refractivity contribution in [1.82, 2.24) is 15.5 Å². The van der Waals surface area contributed by atoms with Gasteiger partial charge < -0.3 is 30.5 Å². The van der Waals surface area contributed by atoms with Crippen molar-refractivity contribution in [2.45, 2.75) is 71.7 Å². The number of rotatable bonds is 10. The second kappa shape index (κ2) is 13.1. The van der Waals surface area contributed by atoms with Crippen LogP contribution in [0.3, 0.4) is 0 Å². The minimum absolute atomic E-state index is 0.0681. The monoisotopic (exact) mass is 513 g/mol. The van der Waals surface area contributed by atoms with Crippen LogP contribution in [0.4, 0.5) is 4.79 Å². The standard InChI is InChI=1S/C28H39N3O6/c1-18(2)29-25(34)24(21-9-7-8-19(3)16-21)31(14-15-32)26(35)23(30-27(36)37-28(4,5)6)17-20-10-12-22(33)13-11-20/h7-13,16,18,23-24,32-33H,14-15,17H2,1-6H3,(H,29,34)(H,30,36). The maximum atomic E-state index is 14.0. The van der Waals surface area contributed by atoms with Crippen LogP contribution in [-0.4, -0.2) is 63.9 Å². The molecule has 0 saturated heterocycles. The second-order valence-corrected chi connectivity index (χ2v) is 10.3. The van der Waals surface area contributed by atoms with Crippen LogP contribution < -0.4 is 10.6 Å². The van der Waals surface area contributed by atoms with Crippen molar-refractivity contribution in [2.24, 2.45) is 0 Å². The highest BCUT2D eigenvalue weighted by Crippen LogP contribution is 2.24. The Morgan fingerprint density at radius 1 is 1.03 bits per heavy atom. The smallest absolute Gasteiger partial charge is 0.408 e. The summed E-state index contributed by atoms with van der Waals surface area (Å²) in [5.41, 5.74) is 1.38. The zero-order valence-electron chi connectivity index (χ0n) is 22.4. The van der Waals surface area contributed by atoms with Crippen LogP contribution in [0.1, 0.15) is 57.4 Å². The molecule has 0 aliphatic heterocycles. The minimum Gasteiger partial charge on any atom is -0.508 e. The molecule has 0 spiro atoms. The second-order valence-electron chi connectivity index (χ2n) is 10.3. The molecule has 0 aliphatic rings. The van der Waals surface area contributed by atoms with E-state index in [1.54, 1.807) is 45.0 Å². The summed E-state index contributed by atoms with van der Waals surface area (Å²) in [5.74, 6) is -0.889. The zero-order valence-corrected chi connectivity index (χ0v) is 22.4. The number of aliphatic hydroxyl groups is 1. The van der Waals surface area contributed by atoms with Crippen LogP contribution in [-0.2, 0) is 20.7 Å². The lowest BCUT2D eigenvalue weighted by Gasteiger charge is -2.34. The molecule has 0 saturated carbocycles. The van der Waals surface area contributed by atoms with Gasteiger partial charge >= 0.3 is 6.09 Å². The van der Waals surface area contributed by atoms with Gasteiger partial charge in [-0.05, 0) is 64.8 Å². The summed E-state index contributed by atoms with van der Waals surface area (Å²) >= 11 is 0. The normalized spacial score (nSPS) is 13.0. The predicted molar refractivity (Wildman–Crippen MR) is 141 cm³/mol. The Balaban J connectivity index is 2.51. The average Bonchev–Trinajstić information content (AvgIpc) is 2.77. The molecule has 0 aliphatic carbocycles. The van der Waals surface area contributed by atoms with Crippen molar-refractivity contribution >= 4 is 17.9 Å². The molecule has 0 aromatic heterocycles. The third-order valence-electron chi connectivity index (χ3n) is 5.34. The van der Waals surface area contributed by atoms with E-state index in [0.29, 0.717) is 11.1 Å². The molecule has 0 radical (unpaired) electrons. The van der Waals surface area contributed by atoms with E-state index in [1.807, 2.05) is 32.9 Å². The van der Waals surface area contributed by atoms with E-state index in [0.717, 1.165) is 5.56 Å². The Labute approximate surface area is 218 Å². The average molecular weight is 514 g/mol. The summed E-state index contributed by atoms with van der Waals surface area (Å²) in [6.07, 6.45) is -0.709. The van der Waals surface area contributed by atoms with Gasteiger partial charge in [-0.25, -0.2) is 4.79 Å². The molecule has 0 heterocycles. The first-order valence-electron chi connectivity index (χ1n) is 12.4. The Morgan fingerprint density at radius 3 is 2.22 bits per heavy atom. The Bertz CT molecular complexity index is 1060. The molecular weight excluding hydrogens is 474 g/mol. The zero-order chi connectivity index (χ0) is 27.8. The largest absolute Gasteiger partial charge is 0.508 e. The van der Waals surface area contributed by atoms with Crippen LogP contribution in [0, 0.1) is 6.92 Å². The molecule has 2 atom stereocenters. The first-order valence-corrected chi connectivity index (χ1v) is 12.4. The van der Waals surface area contributed by atoms with Gasteiger partial charge in [0.1, 0.15) is 23.4 Å². The quantitative estimate of drug-likeness (QED) is 0.386. The fourth-order valence-corrected chi connectivity index (χ4v) is 3.87. The van der Waals surface area contributed by atoms with Crippen molar-refractivity contribution in [3.8, 4) is 5.75 Å². The summed E-state index contributed by atoms with van der Waals surface area (Å²) in [5, 5.41) is 25.0. The SMILES string of the molecule is Cc1cccc(C(C(=O)NC(C)C)N(CCO)C(=O)C(Cc2ccc(O)cc2)NC(=O)OC(C)(C)C)c1. The first kappa shape index (κ1) is 29.6. The summed E-state index contributed by atoms with van der Waals surface area (Å²) in [4.78, 5) is 41.4. The Morgan fingerprint density at radius 2 is 1.68 bits per heavy atom. The van der Waals surface area contributed by atoms with Gasteiger partial charge in [-0.15, -0.1) is 0 Å². The highest BCUT2D eigenvalue weighted by molar-refractivity contribution is 5.92. The van der Waals surface area contributed by atoms with Gasteiger partial charge in [-0.1, -0.05) is 42.0 Å². The molecular formula is C28H39N3O6. The van der Waals surface area contributed by atoms with Crippen molar-refractivity contribution in [3.05, 3.63) is 65.2 Å². The van der Waals surface area contributed by atoms with Crippen LogP contribution >= 0.6 is 0 Å². The molecule has 0 bridgehead atoms. The number of nitrogens with zero attached hydrogens (tertiary/aromatic N) is 1. The fourth-order valence-electron chi connectivity index (χ4n) is 3.87. The number of amides is 3. The number of nitrogens with one attached hydrogen (secondary N) is 2. The third kappa shape index (κ3) is 9.42. The number of carbonyl (C=O) groups excluding carboxylic acids is 3. The number of aliphatic hydroxyl groups excluding tert-OH is 1. The van der Waals surface area contributed by atoms with Crippen LogP contribution in [0.2, 0.25) is 0 Å². The lowest BCUT2D eigenvalue weighted by Crippen LogP contribution is -2.54. The van der Waals surface area contributed by atoms with E-state index in [1.165, 1.54) is 17.0 Å². The lowest BCUT2D eigenvalue weighted by atomic mass is 9.99. The first-order chi connectivity index (χ1) is 17.3. The van der Waals surface area contributed by atoms with E-state index in [4.69, 9.17) is 4.74 Å². The fraction of sp³-hybridized carbons (Fsp3) is 0.464. The summed E-state index contributed by atoms with van der Waals surface area (Å²) in [7, 11) is 0. The van der Waals surface area contributed by atoms with Gasteiger partial charge in [0.15, 0.2) is 0 Å². The number of carbonyl (C=O) groups is 3. The highest BCUT2D eigenvalue weighted by atomic mass is 16.6. The number of benzene rings is 2. The summed E-state index contributed by atoms with van der Waals surface area (Å²) < 4.78 is 5.39. The molecule has 2 unspecified atom stereocenters. The maximum absolute atomic E-state index is 14.0. The van der Waals surface area contributed by atoms with Gasteiger partial charge in [-0.3, -0.25) is 9.59 Å². The predicted octanol–water partition coefficient (Wildman–Crippen LogP) is 3.22. The van der Waals surface area contributed by atoms with Crippen molar-refractivity contribution in [1.29, 1.82) is 0 Å². The van der Waals surface area contributed by atoms with Crippen LogP contribution in [0.5, 0.6) is 5.75 Å².